The minimum absolute atomic E-state index is 0.0349. The van der Waals surface area contributed by atoms with Crippen LogP contribution < -0.4 is 16.4 Å². The van der Waals surface area contributed by atoms with Crippen molar-refractivity contribution in [3.63, 3.8) is 0 Å². The maximum atomic E-state index is 12.7. The Morgan fingerprint density at radius 2 is 1.76 bits per heavy atom. The number of aliphatic hydroxyl groups excluding tert-OH is 2. The van der Waals surface area contributed by atoms with E-state index in [2.05, 4.69) is 59.8 Å². The third-order valence-corrected chi connectivity index (χ3v) is 12.6. The highest BCUT2D eigenvalue weighted by molar-refractivity contribution is 8.02. The standard InChI is InChI=1S/C26H46N7O16P3SSi/c1-26(2,21(36)24(37)29-7-6-17(34)28-8-9-53-10-11-54(3,4)5)13-46-52(43,44)49-51(41,42)45-12-16-20(48-50(38,39)40)19(35)25(47-16)33-15-32-18-22(27)30-14-31-23(18)33/h10-11,14-16,19-21,25,35-36H,6-9,12-13H2,1-5H3,(H,28,34)(H,29,37)(H,41,42)(H,43,44)(H2,27,30,31)(H2,38,39,40)/t16-,19-,20-,21+,25-/m1/s1. The number of imidazole rings is 1. The van der Waals surface area contributed by atoms with E-state index in [1.165, 1.54) is 13.8 Å². The highest BCUT2D eigenvalue weighted by Gasteiger charge is 2.50. The van der Waals surface area contributed by atoms with E-state index >= 15 is 0 Å². The Labute approximate surface area is 314 Å². The molecular formula is C26H46N7O16P3SSi. The Kier molecular flexibility index (Phi) is 16.1. The lowest BCUT2D eigenvalue weighted by Gasteiger charge is -2.30. The van der Waals surface area contributed by atoms with Crippen LogP contribution in [0.15, 0.2) is 23.8 Å². The van der Waals surface area contributed by atoms with E-state index in [0.29, 0.717) is 12.3 Å². The lowest BCUT2D eigenvalue weighted by molar-refractivity contribution is -0.137. The molecule has 0 spiro atoms. The zero-order chi connectivity index (χ0) is 40.7. The molecule has 1 aliphatic heterocycles. The average Bonchev–Trinajstić information content (AvgIpc) is 3.60. The van der Waals surface area contributed by atoms with Crippen molar-refractivity contribution in [3.05, 3.63) is 23.8 Å². The summed E-state index contributed by atoms with van der Waals surface area (Å²) in [6, 6.07) is 0. The fourth-order valence-corrected chi connectivity index (χ4v) is 9.71. The second kappa shape index (κ2) is 18.9. The van der Waals surface area contributed by atoms with Crippen molar-refractivity contribution in [1.82, 2.24) is 30.2 Å². The number of anilines is 1. The summed E-state index contributed by atoms with van der Waals surface area (Å²) in [6.07, 6.45) is -6.73. The van der Waals surface area contributed by atoms with Crippen LogP contribution in [0.1, 0.15) is 26.5 Å². The molecule has 306 valence electrons. The molecule has 2 aromatic heterocycles. The quantitative estimate of drug-likeness (QED) is 0.0469. The van der Waals surface area contributed by atoms with Gasteiger partial charge in [-0.25, -0.2) is 28.6 Å². The molecule has 0 aliphatic carbocycles. The number of ether oxygens (including phenoxy) is 1. The first-order chi connectivity index (χ1) is 24.8. The van der Waals surface area contributed by atoms with Crippen molar-refractivity contribution in [2.24, 2.45) is 5.41 Å². The second-order valence-electron chi connectivity index (χ2n) is 13.6. The van der Waals surface area contributed by atoms with Crippen LogP contribution in [0, 0.1) is 5.41 Å². The highest BCUT2D eigenvalue weighted by atomic mass is 32.2. The van der Waals surface area contributed by atoms with Gasteiger partial charge in [0.1, 0.15) is 36.3 Å². The first kappa shape index (κ1) is 46.2. The first-order valence-electron chi connectivity index (χ1n) is 16.0. The number of nitrogens with zero attached hydrogens (tertiary/aromatic N) is 4. The van der Waals surface area contributed by atoms with Crippen LogP contribution in [0.4, 0.5) is 5.82 Å². The Morgan fingerprint density at radius 1 is 1.09 bits per heavy atom. The minimum atomic E-state index is -5.55. The van der Waals surface area contributed by atoms with E-state index in [9.17, 15) is 53.1 Å². The van der Waals surface area contributed by atoms with E-state index < -0.39 is 86.7 Å². The first-order valence-corrected chi connectivity index (χ1v) is 25.1. The van der Waals surface area contributed by atoms with Crippen LogP contribution in [0.5, 0.6) is 0 Å². The molecule has 2 amide bonds. The SMILES string of the molecule is CC(C)(COP(=O)(O)OP(=O)(O)OC[C@H]1O[C@@H](n2cnc3c(N)ncnc32)[C@H](O)[C@@H]1OP(=O)(O)O)[C@@H](O)C(=O)NCCC(=O)NCCSC=C[Si](C)(C)C. The van der Waals surface area contributed by atoms with Gasteiger partial charge in [-0.2, -0.15) is 4.31 Å². The topological polar surface area (TPSA) is 347 Å². The molecule has 3 rings (SSSR count). The van der Waals surface area contributed by atoms with E-state index in [4.69, 9.17) is 19.5 Å². The van der Waals surface area contributed by atoms with Gasteiger partial charge in [-0.15, -0.1) is 11.8 Å². The summed E-state index contributed by atoms with van der Waals surface area (Å²) in [6.45, 7) is 7.46. The fourth-order valence-electron chi connectivity index (χ4n) is 4.51. The Morgan fingerprint density at radius 3 is 2.41 bits per heavy atom. The van der Waals surface area contributed by atoms with Gasteiger partial charge in [0.2, 0.25) is 11.8 Å². The molecule has 0 aromatic carbocycles. The molecule has 1 aliphatic rings. The lowest BCUT2D eigenvalue weighted by atomic mass is 9.87. The smallest absolute Gasteiger partial charge is 0.386 e. The van der Waals surface area contributed by atoms with Crippen molar-refractivity contribution >= 4 is 72.1 Å². The van der Waals surface area contributed by atoms with Gasteiger partial charge in [0.05, 0.1) is 27.6 Å². The fraction of sp³-hybridized carbons (Fsp3) is 0.654. The molecule has 2 unspecified atom stereocenters. The summed E-state index contributed by atoms with van der Waals surface area (Å²) in [7, 11) is -17.6. The number of aliphatic hydroxyl groups is 2. The van der Waals surface area contributed by atoms with Crippen LogP contribution in [-0.4, -0.2) is 126 Å². The van der Waals surface area contributed by atoms with Crippen molar-refractivity contribution in [2.45, 2.75) is 70.6 Å². The Balaban J connectivity index is 1.51. The molecule has 10 N–H and O–H groups in total. The predicted octanol–water partition coefficient (Wildman–Crippen LogP) is 0.529. The third kappa shape index (κ3) is 14.4. The Hall–Kier alpha value is -2.15. The molecule has 28 heteroatoms. The number of thioether (sulfide) groups is 1. The molecule has 0 saturated carbocycles. The maximum Gasteiger partial charge on any atom is 0.481 e. The number of carbonyl (C=O) groups excluding carboxylic acids is 2. The van der Waals surface area contributed by atoms with Gasteiger partial charge in [0.25, 0.3) is 0 Å². The number of rotatable bonds is 21. The van der Waals surface area contributed by atoms with Gasteiger partial charge in [-0.3, -0.25) is 27.7 Å². The largest absolute Gasteiger partial charge is 0.481 e. The molecule has 2 aromatic rings. The number of nitrogens with two attached hydrogens (primary N) is 1. The number of nitrogen functional groups attached to an aromatic ring is 1. The van der Waals surface area contributed by atoms with Gasteiger partial charge in [0.15, 0.2) is 17.7 Å². The summed E-state index contributed by atoms with van der Waals surface area (Å²) >= 11 is 1.57. The molecule has 7 atom stereocenters. The van der Waals surface area contributed by atoms with Crippen LogP contribution in [-0.2, 0) is 45.9 Å². The summed E-state index contributed by atoms with van der Waals surface area (Å²) in [5.41, 5.74) is 6.50. The molecule has 1 saturated heterocycles. The summed E-state index contributed by atoms with van der Waals surface area (Å²) < 4.78 is 62.1. The molecule has 23 nitrogen and oxygen atoms in total. The van der Waals surface area contributed by atoms with Gasteiger partial charge < -0.3 is 50.9 Å². The van der Waals surface area contributed by atoms with Crippen molar-refractivity contribution in [1.29, 1.82) is 0 Å². The predicted molar refractivity (Wildman–Crippen MR) is 195 cm³/mol. The van der Waals surface area contributed by atoms with E-state index in [-0.39, 0.29) is 35.9 Å². The summed E-state index contributed by atoms with van der Waals surface area (Å²) in [4.78, 5) is 75.5. The zero-order valence-electron chi connectivity index (χ0n) is 29.8. The van der Waals surface area contributed by atoms with Crippen LogP contribution in [0.25, 0.3) is 11.2 Å². The van der Waals surface area contributed by atoms with E-state index in [1.807, 2.05) is 5.41 Å². The van der Waals surface area contributed by atoms with Crippen LogP contribution in [0.3, 0.4) is 0 Å². The number of phosphoric ester groups is 3. The van der Waals surface area contributed by atoms with Crippen molar-refractivity contribution < 1.29 is 75.7 Å². The average molecular weight is 866 g/mol. The lowest BCUT2D eigenvalue weighted by Crippen LogP contribution is -2.46. The molecular weight excluding hydrogens is 819 g/mol. The summed E-state index contributed by atoms with van der Waals surface area (Å²) in [5.74, 6) is -0.637. The van der Waals surface area contributed by atoms with Crippen molar-refractivity contribution in [3.8, 4) is 0 Å². The monoisotopic (exact) mass is 865 g/mol. The number of hydrogen-bond donors (Lipinski definition) is 9. The van der Waals surface area contributed by atoms with Gasteiger partial charge in [0, 0.05) is 30.7 Å². The Bertz CT molecular complexity index is 1790. The second-order valence-corrected chi connectivity index (χ2v) is 23.9. The number of hydrogen-bond acceptors (Lipinski definition) is 17. The molecule has 0 bridgehead atoms. The summed E-state index contributed by atoms with van der Waals surface area (Å²) in [5, 5.41) is 28.5. The number of phosphoric acid groups is 3. The van der Waals surface area contributed by atoms with Crippen LogP contribution in [0.2, 0.25) is 19.6 Å². The maximum absolute atomic E-state index is 12.7. The minimum Gasteiger partial charge on any atom is -0.386 e. The van der Waals surface area contributed by atoms with Gasteiger partial charge >= 0.3 is 23.5 Å². The van der Waals surface area contributed by atoms with Gasteiger partial charge in [-0.1, -0.05) is 39.2 Å². The normalized spacial score (nSPS) is 22.6. The molecule has 54 heavy (non-hydrogen) atoms. The number of aromatic nitrogens is 4. The van der Waals surface area contributed by atoms with Gasteiger partial charge in [-0.05, 0) is 5.41 Å². The number of nitrogens with one attached hydrogen (secondary N) is 2. The highest BCUT2D eigenvalue weighted by Crippen LogP contribution is 2.61. The zero-order valence-corrected chi connectivity index (χ0v) is 34.3. The van der Waals surface area contributed by atoms with Crippen LogP contribution >= 0.6 is 35.2 Å². The number of amides is 2. The molecule has 0 radical (unpaired) electrons. The van der Waals surface area contributed by atoms with E-state index in [1.54, 1.807) is 11.8 Å². The number of fused-ring (bicyclic) bond motifs is 1. The molecule has 3 heterocycles. The number of carbonyl (C=O) groups is 2. The van der Waals surface area contributed by atoms with Crippen molar-refractivity contribution in [2.75, 3.05) is 37.8 Å². The van der Waals surface area contributed by atoms with E-state index in [0.717, 1.165) is 17.2 Å². The molecule has 1 fully saturated rings. The third-order valence-electron chi connectivity index (χ3n) is 7.28.